The lowest BCUT2D eigenvalue weighted by Crippen LogP contribution is -2.53. The highest BCUT2D eigenvalue weighted by Gasteiger charge is 2.32. The average molecular weight is 129 g/mol. The van der Waals surface area contributed by atoms with Crippen LogP contribution < -0.4 is 5.32 Å². The molecule has 0 bridgehead atoms. The first-order valence-corrected chi connectivity index (χ1v) is 2.61. The summed E-state index contributed by atoms with van der Waals surface area (Å²) in [6.45, 7) is 0. The molecule has 50 valence electrons. The van der Waals surface area contributed by atoms with Crippen LogP contribution >= 0.6 is 0 Å². The number of β-lactam (4-membered cyclic amide) rings is 1. The number of ether oxygens (including phenoxy) is 1. The van der Waals surface area contributed by atoms with Crippen LogP contribution in [0.1, 0.15) is 6.42 Å². The lowest BCUT2D eigenvalue weighted by molar-refractivity contribution is -0.150. The molecule has 4 nitrogen and oxygen atoms in total. The molecule has 1 aliphatic rings. The molecule has 0 aromatic carbocycles. The fourth-order valence-electron chi connectivity index (χ4n) is 0.643. The topological polar surface area (TPSA) is 55.4 Å². The van der Waals surface area contributed by atoms with Crippen LogP contribution in [0, 0.1) is 0 Å². The molecule has 1 atom stereocenters. The first-order chi connectivity index (χ1) is 4.24. The van der Waals surface area contributed by atoms with E-state index in [0.29, 0.717) is 0 Å². The Labute approximate surface area is 52.2 Å². The summed E-state index contributed by atoms with van der Waals surface area (Å²) in [7, 11) is 1.30. The third-order valence-electron chi connectivity index (χ3n) is 1.21. The second kappa shape index (κ2) is 2.05. The highest BCUT2D eigenvalue weighted by molar-refractivity contribution is 5.94. The van der Waals surface area contributed by atoms with Crippen molar-refractivity contribution < 1.29 is 14.3 Å². The Morgan fingerprint density at radius 3 is 2.78 bits per heavy atom. The maximum atomic E-state index is 10.5. The van der Waals surface area contributed by atoms with Gasteiger partial charge in [0.1, 0.15) is 6.04 Å². The smallest absolute Gasteiger partial charge is 0.328 e. The number of hydrogen-bond acceptors (Lipinski definition) is 3. The lowest BCUT2D eigenvalue weighted by atomic mass is 10.1. The van der Waals surface area contributed by atoms with E-state index < -0.39 is 0 Å². The van der Waals surface area contributed by atoms with Gasteiger partial charge < -0.3 is 10.1 Å². The van der Waals surface area contributed by atoms with Crippen molar-refractivity contribution in [3.8, 4) is 0 Å². The Bertz CT molecular complexity index is 146. The van der Waals surface area contributed by atoms with Crippen LogP contribution in [-0.4, -0.2) is 25.0 Å². The quantitative estimate of drug-likeness (QED) is 0.367. The first-order valence-electron chi connectivity index (χ1n) is 2.61. The summed E-state index contributed by atoms with van der Waals surface area (Å²) in [6.07, 6.45) is 0.271. The van der Waals surface area contributed by atoms with E-state index in [-0.39, 0.29) is 24.3 Å². The summed E-state index contributed by atoms with van der Waals surface area (Å²) in [5.41, 5.74) is 0. The summed E-state index contributed by atoms with van der Waals surface area (Å²) in [6, 6.07) is -0.387. The van der Waals surface area contributed by atoms with Crippen LogP contribution in [-0.2, 0) is 14.3 Å². The Morgan fingerprint density at radius 1 is 1.89 bits per heavy atom. The number of rotatable bonds is 1. The highest BCUT2D eigenvalue weighted by Crippen LogP contribution is 2.04. The molecule has 0 aromatic heterocycles. The van der Waals surface area contributed by atoms with Crippen LogP contribution in [0.4, 0.5) is 0 Å². The largest absolute Gasteiger partial charge is 0.467 e. The molecule has 1 fully saturated rings. The van der Waals surface area contributed by atoms with Crippen molar-refractivity contribution in [2.24, 2.45) is 0 Å². The Balaban J connectivity index is 2.31. The molecule has 0 aromatic rings. The molecule has 1 rings (SSSR count). The van der Waals surface area contributed by atoms with Crippen molar-refractivity contribution in [3.63, 3.8) is 0 Å². The van der Waals surface area contributed by atoms with E-state index in [9.17, 15) is 9.59 Å². The van der Waals surface area contributed by atoms with Gasteiger partial charge in [0.15, 0.2) is 0 Å². The van der Waals surface area contributed by atoms with E-state index in [4.69, 9.17) is 0 Å². The average Bonchev–Trinajstić information content (AvgIpc) is 1.79. The summed E-state index contributed by atoms with van der Waals surface area (Å²) in [4.78, 5) is 20.7. The molecule has 4 heteroatoms. The number of nitrogens with one attached hydrogen (secondary N) is 1. The minimum Gasteiger partial charge on any atom is -0.467 e. The van der Waals surface area contributed by atoms with E-state index >= 15 is 0 Å². The predicted octanol–water partition coefficient (Wildman–Crippen LogP) is -0.952. The van der Waals surface area contributed by atoms with Gasteiger partial charge in [-0.25, -0.2) is 4.79 Å². The van der Waals surface area contributed by atoms with Gasteiger partial charge in [-0.1, -0.05) is 0 Å². The van der Waals surface area contributed by atoms with E-state index in [0.717, 1.165) is 0 Å². The van der Waals surface area contributed by atoms with Gasteiger partial charge in [0.2, 0.25) is 5.91 Å². The highest BCUT2D eigenvalue weighted by atomic mass is 16.5. The van der Waals surface area contributed by atoms with Gasteiger partial charge in [0, 0.05) is 0 Å². The molecule has 1 saturated heterocycles. The van der Waals surface area contributed by atoms with Gasteiger partial charge in [-0.15, -0.1) is 0 Å². The molecular weight excluding hydrogens is 122 g/mol. The third-order valence-corrected chi connectivity index (χ3v) is 1.21. The van der Waals surface area contributed by atoms with Gasteiger partial charge >= 0.3 is 5.97 Å². The normalized spacial score (nSPS) is 24.1. The number of methoxy groups -OCH3 is 1. The van der Waals surface area contributed by atoms with Crippen LogP contribution in [0.25, 0.3) is 0 Å². The van der Waals surface area contributed by atoms with Crippen LogP contribution in [0.2, 0.25) is 0 Å². The fourth-order valence-corrected chi connectivity index (χ4v) is 0.643. The van der Waals surface area contributed by atoms with E-state index in [1.807, 2.05) is 0 Å². The lowest BCUT2D eigenvalue weighted by Gasteiger charge is -2.23. The fraction of sp³-hybridized carbons (Fsp3) is 0.600. The molecule has 0 radical (unpaired) electrons. The molecular formula is C5H7NO3. The van der Waals surface area contributed by atoms with Crippen LogP contribution in [0.15, 0.2) is 0 Å². The number of esters is 1. The van der Waals surface area contributed by atoms with Crippen molar-refractivity contribution in [2.75, 3.05) is 7.11 Å². The predicted molar refractivity (Wildman–Crippen MR) is 28.6 cm³/mol. The minimum absolute atomic E-state index is 0.0922. The van der Waals surface area contributed by atoms with Crippen molar-refractivity contribution in [3.05, 3.63) is 0 Å². The molecule has 1 heterocycles. The third kappa shape index (κ3) is 1.01. The number of hydrogen-bond donors (Lipinski definition) is 1. The monoisotopic (exact) mass is 129 g/mol. The summed E-state index contributed by atoms with van der Waals surface area (Å²) >= 11 is 0. The Morgan fingerprint density at radius 2 is 2.44 bits per heavy atom. The molecule has 1 amide bonds. The van der Waals surface area contributed by atoms with Gasteiger partial charge in [-0.05, 0) is 0 Å². The minimum atomic E-state index is -0.387. The zero-order valence-corrected chi connectivity index (χ0v) is 5.01. The molecule has 9 heavy (non-hydrogen) atoms. The van der Waals surface area contributed by atoms with Gasteiger partial charge in [-0.3, -0.25) is 4.79 Å². The summed E-state index contributed by atoms with van der Waals surface area (Å²) in [5.74, 6) is -0.458. The summed E-state index contributed by atoms with van der Waals surface area (Å²) < 4.78 is 4.35. The number of carbonyl (C=O) groups is 2. The molecule has 0 saturated carbocycles. The van der Waals surface area contributed by atoms with Crippen molar-refractivity contribution in [2.45, 2.75) is 12.5 Å². The SMILES string of the molecule is COC(=O)[C@@H]1CC(=O)N1. The Kier molecular flexibility index (Phi) is 1.38. The molecule has 1 aliphatic heterocycles. The maximum absolute atomic E-state index is 10.5. The Hall–Kier alpha value is -1.06. The first kappa shape index (κ1) is 6.07. The molecule has 0 spiro atoms. The van der Waals surface area contributed by atoms with Crippen molar-refractivity contribution in [1.82, 2.24) is 5.32 Å². The van der Waals surface area contributed by atoms with Gasteiger partial charge in [0.05, 0.1) is 13.5 Å². The standard InChI is InChI=1S/C5H7NO3/c1-9-5(8)3-2-4(7)6-3/h3H,2H2,1H3,(H,6,7)/t3-/m0/s1. The van der Waals surface area contributed by atoms with Crippen molar-refractivity contribution in [1.29, 1.82) is 0 Å². The zero-order valence-electron chi connectivity index (χ0n) is 5.01. The number of carbonyl (C=O) groups excluding carboxylic acids is 2. The van der Waals surface area contributed by atoms with E-state index in [1.54, 1.807) is 0 Å². The van der Waals surface area contributed by atoms with Crippen molar-refractivity contribution >= 4 is 11.9 Å². The van der Waals surface area contributed by atoms with Gasteiger partial charge in [-0.2, -0.15) is 0 Å². The van der Waals surface area contributed by atoms with E-state index in [2.05, 4.69) is 10.1 Å². The van der Waals surface area contributed by atoms with Gasteiger partial charge in [0.25, 0.3) is 0 Å². The second-order valence-corrected chi connectivity index (χ2v) is 1.85. The molecule has 0 aliphatic carbocycles. The van der Waals surface area contributed by atoms with Crippen LogP contribution in [0.3, 0.4) is 0 Å². The van der Waals surface area contributed by atoms with Crippen LogP contribution in [0.5, 0.6) is 0 Å². The maximum Gasteiger partial charge on any atom is 0.328 e. The molecule has 1 N–H and O–H groups in total. The second-order valence-electron chi connectivity index (χ2n) is 1.85. The summed E-state index contributed by atoms with van der Waals surface area (Å²) in [5, 5.41) is 2.38. The number of amides is 1. The van der Waals surface area contributed by atoms with E-state index in [1.165, 1.54) is 7.11 Å². The molecule has 0 unspecified atom stereocenters. The zero-order chi connectivity index (χ0) is 6.85.